The summed E-state index contributed by atoms with van der Waals surface area (Å²) in [6.45, 7) is 3.60. The van der Waals surface area contributed by atoms with Gasteiger partial charge in [0.15, 0.2) is 0 Å². The quantitative estimate of drug-likeness (QED) is 0.655. The second-order valence-corrected chi connectivity index (χ2v) is 3.94. The summed E-state index contributed by atoms with van der Waals surface area (Å²) < 4.78 is 0. The highest BCUT2D eigenvalue weighted by Gasteiger charge is 2.60. The maximum Gasteiger partial charge on any atom is 0.407 e. The summed E-state index contributed by atoms with van der Waals surface area (Å²) in [6, 6.07) is 0. The van der Waals surface area contributed by atoms with Crippen molar-refractivity contribution in [3.63, 3.8) is 0 Å². The number of carboxylic acid groups (broad SMARTS) is 1. The molecule has 0 spiro atoms. The van der Waals surface area contributed by atoms with Crippen LogP contribution in [-0.4, -0.2) is 41.6 Å². The van der Waals surface area contributed by atoms with Crippen molar-refractivity contribution in [3.8, 4) is 0 Å². The largest absolute Gasteiger partial charge is 0.465 e. The van der Waals surface area contributed by atoms with Crippen molar-refractivity contribution in [1.29, 1.82) is 0 Å². The molecule has 5 heteroatoms. The Morgan fingerprint density at radius 2 is 2.00 bits per heavy atom. The standard InChI is InChI=1S/C9H14N2O3/c1-2-10-8(12)7-5-3-11(9(13)14)4-6(5)7/h5-7H,2-4H2,1H3,(H,10,12)(H,13,14)/t5-,6+,7+. The smallest absolute Gasteiger partial charge is 0.407 e. The Hall–Kier alpha value is -1.26. The van der Waals surface area contributed by atoms with Crippen LogP contribution in [0.4, 0.5) is 4.79 Å². The number of fused-ring (bicyclic) bond motifs is 1. The number of likely N-dealkylation sites (tertiary alicyclic amines) is 1. The minimum Gasteiger partial charge on any atom is -0.465 e. The normalized spacial score (nSPS) is 33.8. The zero-order chi connectivity index (χ0) is 10.3. The predicted molar refractivity (Wildman–Crippen MR) is 48.8 cm³/mol. The van der Waals surface area contributed by atoms with Gasteiger partial charge in [-0.2, -0.15) is 0 Å². The van der Waals surface area contributed by atoms with E-state index in [9.17, 15) is 9.59 Å². The van der Waals surface area contributed by atoms with E-state index in [0.29, 0.717) is 19.6 Å². The van der Waals surface area contributed by atoms with Crippen molar-refractivity contribution in [2.75, 3.05) is 19.6 Å². The van der Waals surface area contributed by atoms with Gasteiger partial charge in [-0.05, 0) is 18.8 Å². The average molecular weight is 198 g/mol. The van der Waals surface area contributed by atoms with Crippen LogP contribution < -0.4 is 5.32 Å². The van der Waals surface area contributed by atoms with E-state index in [4.69, 9.17) is 5.11 Å². The van der Waals surface area contributed by atoms with Gasteiger partial charge in [-0.1, -0.05) is 0 Å². The molecule has 3 atom stereocenters. The van der Waals surface area contributed by atoms with Gasteiger partial charge < -0.3 is 15.3 Å². The first-order chi connectivity index (χ1) is 6.65. The summed E-state index contributed by atoms with van der Waals surface area (Å²) in [6.07, 6.45) is -0.869. The first kappa shape index (κ1) is 9.30. The Labute approximate surface area is 82.1 Å². The molecule has 2 aliphatic rings. The predicted octanol–water partition coefficient (Wildman–Crippen LogP) is -0.0217. The lowest BCUT2D eigenvalue weighted by atomic mass is 10.2. The van der Waals surface area contributed by atoms with Crippen LogP contribution in [0.2, 0.25) is 0 Å². The second-order valence-electron chi connectivity index (χ2n) is 3.94. The SMILES string of the molecule is CCNC(=O)[C@H]1[C@@H]2CN(C(=O)O)C[C@@H]21. The van der Waals surface area contributed by atoms with E-state index in [2.05, 4.69) is 5.32 Å². The number of hydrogen-bond donors (Lipinski definition) is 2. The molecule has 14 heavy (non-hydrogen) atoms. The summed E-state index contributed by atoms with van der Waals surface area (Å²) in [5.74, 6) is 0.716. The molecule has 2 amide bonds. The Morgan fingerprint density at radius 1 is 1.43 bits per heavy atom. The number of carbonyl (C=O) groups is 2. The van der Waals surface area contributed by atoms with Crippen LogP contribution in [0.1, 0.15) is 6.92 Å². The van der Waals surface area contributed by atoms with E-state index in [-0.39, 0.29) is 23.7 Å². The molecule has 0 aromatic carbocycles. The van der Waals surface area contributed by atoms with Crippen LogP contribution in [0.15, 0.2) is 0 Å². The maximum atomic E-state index is 11.4. The van der Waals surface area contributed by atoms with Crippen LogP contribution in [-0.2, 0) is 4.79 Å². The molecule has 1 saturated carbocycles. The molecule has 2 N–H and O–H groups in total. The van der Waals surface area contributed by atoms with E-state index >= 15 is 0 Å². The first-order valence-electron chi connectivity index (χ1n) is 4.90. The van der Waals surface area contributed by atoms with Crippen LogP contribution in [0.3, 0.4) is 0 Å². The van der Waals surface area contributed by atoms with Crippen molar-refractivity contribution in [3.05, 3.63) is 0 Å². The topological polar surface area (TPSA) is 69.6 Å². The highest BCUT2D eigenvalue weighted by atomic mass is 16.4. The van der Waals surface area contributed by atoms with Crippen LogP contribution in [0.25, 0.3) is 0 Å². The number of amides is 2. The number of rotatable bonds is 2. The molecule has 1 saturated heterocycles. The average Bonchev–Trinajstić information content (AvgIpc) is 2.62. The molecule has 1 aliphatic heterocycles. The van der Waals surface area contributed by atoms with Gasteiger partial charge in [-0.15, -0.1) is 0 Å². The summed E-state index contributed by atoms with van der Waals surface area (Å²) in [5, 5.41) is 11.5. The second kappa shape index (κ2) is 3.15. The van der Waals surface area contributed by atoms with E-state index in [1.807, 2.05) is 6.92 Å². The van der Waals surface area contributed by atoms with Gasteiger partial charge in [0.1, 0.15) is 0 Å². The molecule has 0 aromatic heterocycles. The third-order valence-electron chi connectivity index (χ3n) is 3.12. The maximum absolute atomic E-state index is 11.4. The molecule has 2 fully saturated rings. The number of piperidine rings is 1. The molecule has 5 nitrogen and oxygen atoms in total. The van der Waals surface area contributed by atoms with Gasteiger partial charge in [-0.25, -0.2) is 4.79 Å². The van der Waals surface area contributed by atoms with E-state index in [1.165, 1.54) is 4.90 Å². The minimum atomic E-state index is -0.869. The highest BCUT2D eigenvalue weighted by Crippen LogP contribution is 2.51. The van der Waals surface area contributed by atoms with Gasteiger partial charge >= 0.3 is 6.09 Å². The van der Waals surface area contributed by atoms with Crippen molar-refractivity contribution in [2.45, 2.75) is 6.92 Å². The fourth-order valence-corrected chi connectivity index (χ4v) is 2.36. The lowest BCUT2D eigenvalue weighted by molar-refractivity contribution is -0.123. The number of carbonyl (C=O) groups excluding carboxylic acids is 1. The van der Waals surface area contributed by atoms with E-state index < -0.39 is 6.09 Å². The summed E-state index contributed by atoms with van der Waals surface area (Å²) >= 11 is 0. The van der Waals surface area contributed by atoms with Gasteiger partial charge in [0.05, 0.1) is 0 Å². The van der Waals surface area contributed by atoms with Crippen LogP contribution in [0, 0.1) is 17.8 Å². The summed E-state index contributed by atoms with van der Waals surface area (Å²) in [7, 11) is 0. The molecule has 78 valence electrons. The van der Waals surface area contributed by atoms with Crippen molar-refractivity contribution < 1.29 is 14.7 Å². The van der Waals surface area contributed by atoms with Gasteiger partial charge in [0.25, 0.3) is 0 Å². The molecule has 0 aromatic rings. The summed E-state index contributed by atoms with van der Waals surface area (Å²) in [4.78, 5) is 23.4. The fraction of sp³-hybridized carbons (Fsp3) is 0.778. The van der Waals surface area contributed by atoms with Crippen LogP contribution >= 0.6 is 0 Å². The van der Waals surface area contributed by atoms with Gasteiger partial charge in [0.2, 0.25) is 5.91 Å². The molecule has 1 aliphatic carbocycles. The highest BCUT2D eigenvalue weighted by molar-refractivity contribution is 5.83. The Morgan fingerprint density at radius 3 is 2.43 bits per heavy atom. The number of nitrogens with one attached hydrogen (secondary N) is 1. The van der Waals surface area contributed by atoms with Crippen LogP contribution in [0.5, 0.6) is 0 Å². The Bertz CT molecular complexity index is 267. The lowest BCUT2D eigenvalue weighted by Crippen LogP contribution is -2.34. The first-order valence-corrected chi connectivity index (χ1v) is 4.90. The molecule has 0 bridgehead atoms. The zero-order valence-corrected chi connectivity index (χ0v) is 8.06. The molecule has 0 unspecified atom stereocenters. The van der Waals surface area contributed by atoms with Crippen molar-refractivity contribution in [2.24, 2.45) is 17.8 Å². The van der Waals surface area contributed by atoms with Gasteiger partial charge in [-0.3, -0.25) is 4.79 Å². The zero-order valence-electron chi connectivity index (χ0n) is 8.06. The Balaban J connectivity index is 1.85. The van der Waals surface area contributed by atoms with Crippen molar-refractivity contribution in [1.82, 2.24) is 10.2 Å². The molecule has 1 heterocycles. The monoisotopic (exact) mass is 198 g/mol. The molecular formula is C9H14N2O3. The molecule has 2 rings (SSSR count). The lowest BCUT2D eigenvalue weighted by Gasteiger charge is -2.15. The fourth-order valence-electron chi connectivity index (χ4n) is 2.36. The molecular weight excluding hydrogens is 184 g/mol. The minimum absolute atomic E-state index is 0.0746. The molecule has 0 radical (unpaired) electrons. The number of hydrogen-bond acceptors (Lipinski definition) is 2. The van der Waals surface area contributed by atoms with Crippen molar-refractivity contribution >= 4 is 12.0 Å². The van der Waals surface area contributed by atoms with E-state index in [1.54, 1.807) is 0 Å². The Kier molecular flexibility index (Phi) is 2.09. The number of nitrogens with zero attached hydrogens (tertiary/aromatic N) is 1. The third kappa shape index (κ3) is 1.32. The van der Waals surface area contributed by atoms with Gasteiger partial charge in [0, 0.05) is 25.6 Å². The summed E-state index contributed by atoms with van der Waals surface area (Å²) in [5.41, 5.74) is 0. The van der Waals surface area contributed by atoms with E-state index in [0.717, 1.165) is 0 Å². The third-order valence-corrected chi connectivity index (χ3v) is 3.12.